The van der Waals surface area contributed by atoms with Crippen molar-refractivity contribution in [1.82, 2.24) is 5.32 Å². The second kappa shape index (κ2) is 5.86. The Labute approximate surface area is 94.8 Å². The molecule has 0 heterocycles. The Morgan fingerprint density at radius 2 is 2.07 bits per heavy atom. The molecule has 0 bridgehead atoms. The van der Waals surface area contributed by atoms with Gasteiger partial charge in [-0.05, 0) is 39.2 Å². The minimum Gasteiger partial charge on any atom is -0.377 e. The lowest BCUT2D eigenvalue weighted by Crippen LogP contribution is -2.49. The molecule has 0 aliphatic heterocycles. The van der Waals surface area contributed by atoms with E-state index in [1.54, 1.807) is 0 Å². The number of methoxy groups -OCH3 is 1. The van der Waals surface area contributed by atoms with E-state index in [-0.39, 0.29) is 5.60 Å². The molecule has 0 radical (unpaired) electrons. The molecular formula is C13H27NO. The predicted octanol–water partition coefficient (Wildman–Crippen LogP) is 2.97. The molecule has 1 N–H and O–H groups in total. The zero-order valence-electron chi connectivity index (χ0n) is 10.8. The standard InChI is InChI=1S/C13H27NO/c1-5-9-14-12(13(2,3)15-4)10-11-7-6-8-11/h11-12,14H,5-10H2,1-4H3. The van der Waals surface area contributed by atoms with E-state index < -0.39 is 0 Å². The topological polar surface area (TPSA) is 21.3 Å². The molecule has 0 spiro atoms. The smallest absolute Gasteiger partial charge is 0.0775 e. The van der Waals surface area contributed by atoms with Gasteiger partial charge in [0.1, 0.15) is 0 Å². The quantitative estimate of drug-likeness (QED) is 0.702. The second-order valence-corrected chi connectivity index (χ2v) is 5.35. The summed E-state index contributed by atoms with van der Waals surface area (Å²) in [5.41, 5.74) is -0.0369. The maximum Gasteiger partial charge on any atom is 0.0775 e. The molecule has 1 aliphatic rings. The number of nitrogens with one attached hydrogen (secondary N) is 1. The van der Waals surface area contributed by atoms with Crippen LogP contribution in [0.1, 0.15) is 52.9 Å². The van der Waals surface area contributed by atoms with Crippen molar-refractivity contribution in [2.75, 3.05) is 13.7 Å². The Morgan fingerprint density at radius 1 is 1.40 bits per heavy atom. The molecule has 1 atom stereocenters. The lowest BCUT2D eigenvalue weighted by molar-refractivity contribution is -0.0202. The maximum absolute atomic E-state index is 5.60. The van der Waals surface area contributed by atoms with E-state index in [9.17, 15) is 0 Å². The molecule has 0 saturated heterocycles. The van der Waals surface area contributed by atoms with Gasteiger partial charge in [0.2, 0.25) is 0 Å². The van der Waals surface area contributed by atoms with Crippen molar-refractivity contribution in [3.63, 3.8) is 0 Å². The van der Waals surface area contributed by atoms with E-state index in [1.165, 1.54) is 32.1 Å². The molecule has 0 aromatic carbocycles. The first-order chi connectivity index (χ1) is 7.10. The summed E-state index contributed by atoms with van der Waals surface area (Å²) in [6, 6.07) is 0.507. The molecule has 1 unspecified atom stereocenters. The van der Waals surface area contributed by atoms with Crippen molar-refractivity contribution < 1.29 is 4.74 Å². The van der Waals surface area contributed by atoms with Crippen LogP contribution in [0.15, 0.2) is 0 Å². The lowest BCUT2D eigenvalue weighted by Gasteiger charge is -2.38. The van der Waals surface area contributed by atoms with Crippen molar-refractivity contribution in [2.24, 2.45) is 5.92 Å². The molecule has 1 rings (SSSR count). The van der Waals surface area contributed by atoms with E-state index in [4.69, 9.17) is 4.74 Å². The summed E-state index contributed by atoms with van der Waals surface area (Å²) in [6.07, 6.45) is 6.74. The minimum absolute atomic E-state index is 0.0369. The molecule has 1 saturated carbocycles. The summed E-state index contributed by atoms with van der Waals surface area (Å²) >= 11 is 0. The Hall–Kier alpha value is -0.0800. The second-order valence-electron chi connectivity index (χ2n) is 5.35. The molecule has 1 fully saturated rings. The van der Waals surface area contributed by atoms with Gasteiger partial charge in [-0.3, -0.25) is 0 Å². The molecule has 2 heteroatoms. The van der Waals surface area contributed by atoms with Crippen molar-refractivity contribution >= 4 is 0 Å². The first-order valence-corrected chi connectivity index (χ1v) is 6.38. The third-order valence-corrected chi connectivity index (χ3v) is 3.80. The van der Waals surface area contributed by atoms with E-state index in [2.05, 4.69) is 26.1 Å². The predicted molar refractivity (Wildman–Crippen MR) is 65.1 cm³/mol. The van der Waals surface area contributed by atoms with Crippen molar-refractivity contribution in [2.45, 2.75) is 64.5 Å². The summed E-state index contributed by atoms with van der Waals surface area (Å²) in [6.45, 7) is 7.70. The maximum atomic E-state index is 5.60. The first kappa shape index (κ1) is 13.0. The van der Waals surface area contributed by atoms with Crippen LogP contribution in [0.2, 0.25) is 0 Å². The highest BCUT2D eigenvalue weighted by molar-refractivity contribution is 4.88. The van der Waals surface area contributed by atoms with Crippen molar-refractivity contribution in [1.29, 1.82) is 0 Å². The number of hydrogen-bond donors (Lipinski definition) is 1. The summed E-state index contributed by atoms with van der Waals surface area (Å²) in [4.78, 5) is 0. The number of hydrogen-bond acceptors (Lipinski definition) is 2. The van der Waals surface area contributed by atoms with Crippen LogP contribution in [0.4, 0.5) is 0 Å². The molecule has 15 heavy (non-hydrogen) atoms. The highest BCUT2D eigenvalue weighted by atomic mass is 16.5. The molecular weight excluding hydrogens is 186 g/mol. The van der Waals surface area contributed by atoms with Crippen LogP contribution in [0, 0.1) is 5.92 Å². The molecule has 0 amide bonds. The Balaban J connectivity index is 2.43. The molecule has 1 aliphatic carbocycles. The Kier molecular flexibility index (Phi) is 5.07. The van der Waals surface area contributed by atoms with E-state index >= 15 is 0 Å². The summed E-state index contributed by atoms with van der Waals surface area (Å²) in [7, 11) is 1.82. The van der Waals surface area contributed by atoms with Gasteiger partial charge in [0.05, 0.1) is 5.60 Å². The minimum atomic E-state index is -0.0369. The summed E-state index contributed by atoms with van der Waals surface area (Å²) < 4.78 is 5.60. The van der Waals surface area contributed by atoms with Gasteiger partial charge >= 0.3 is 0 Å². The fraction of sp³-hybridized carbons (Fsp3) is 1.00. The third-order valence-electron chi connectivity index (χ3n) is 3.80. The molecule has 90 valence electrons. The van der Waals surface area contributed by atoms with Crippen molar-refractivity contribution in [3.05, 3.63) is 0 Å². The van der Waals surface area contributed by atoms with Crippen LogP contribution in [-0.2, 0) is 4.74 Å². The van der Waals surface area contributed by atoms with Crippen LogP contribution >= 0.6 is 0 Å². The third kappa shape index (κ3) is 3.76. The average Bonchev–Trinajstić information content (AvgIpc) is 2.15. The Bertz CT molecular complexity index is 175. The van der Waals surface area contributed by atoms with E-state index in [0.717, 1.165) is 12.5 Å². The lowest BCUT2D eigenvalue weighted by atomic mass is 9.77. The van der Waals surface area contributed by atoms with Gasteiger partial charge in [0.15, 0.2) is 0 Å². The van der Waals surface area contributed by atoms with Crippen LogP contribution in [0.5, 0.6) is 0 Å². The Morgan fingerprint density at radius 3 is 2.47 bits per heavy atom. The summed E-state index contributed by atoms with van der Waals surface area (Å²) in [5.74, 6) is 0.939. The van der Waals surface area contributed by atoms with Gasteiger partial charge in [-0.2, -0.15) is 0 Å². The highest BCUT2D eigenvalue weighted by Crippen LogP contribution is 2.33. The number of rotatable bonds is 7. The monoisotopic (exact) mass is 213 g/mol. The highest BCUT2D eigenvalue weighted by Gasteiger charge is 2.32. The van der Waals surface area contributed by atoms with E-state index in [1.807, 2.05) is 7.11 Å². The largest absolute Gasteiger partial charge is 0.377 e. The van der Waals surface area contributed by atoms with Gasteiger partial charge in [-0.15, -0.1) is 0 Å². The van der Waals surface area contributed by atoms with Crippen LogP contribution in [-0.4, -0.2) is 25.3 Å². The molecule has 0 aromatic heterocycles. The van der Waals surface area contributed by atoms with Gasteiger partial charge in [-0.25, -0.2) is 0 Å². The zero-order valence-corrected chi connectivity index (χ0v) is 10.8. The van der Waals surface area contributed by atoms with Gasteiger partial charge in [-0.1, -0.05) is 26.2 Å². The zero-order chi connectivity index (χ0) is 11.3. The number of ether oxygens (including phenoxy) is 1. The van der Waals surface area contributed by atoms with Gasteiger partial charge < -0.3 is 10.1 Å². The van der Waals surface area contributed by atoms with Crippen LogP contribution < -0.4 is 5.32 Å². The van der Waals surface area contributed by atoms with Crippen molar-refractivity contribution in [3.8, 4) is 0 Å². The van der Waals surface area contributed by atoms with Crippen LogP contribution in [0.3, 0.4) is 0 Å². The first-order valence-electron chi connectivity index (χ1n) is 6.38. The normalized spacial score (nSPS) is 20.0. The fourth-order valence-corrected chi connectivity index (χ4v) is 2.14. The van der Waals surface area contributed by atoms with Gasteiger partial charge in [0.25, 0.3) is 0 Å². The fourth-order valence-electron chi connectivity index (χ4n) is 2.14. The van der Waals surface area contributed by atoms with E-state index in [0.29, 0.717) is 6.04 Å². The average molecular weight is 213 g/mol. The summed E-state index contributed by atoms with van der Waals surface area (Å²) in [5, 5.41) is 3.63. The van der Waals surface area contributed by atoms with Gasteiger partial charge in [0, 0.05) is 13.2 Å². The molecule has 2 nitrogen and oxygen atoms in total. The van der Waals surface area contributed by atoms with Crippen LogP contribution in [0.25, 0.3) is 0 Å². The SMILES string of the molecule is CCCNC(CC1CCC1)C(C)(C)OC. The molecule has 0 aromatic rings.